The second-order valence-corrected chi connectivity index (χ2v) is 6.32. The van der Waals surface area contributed by atoms with Crippen molar-refractivity contribution in [2.45, 2.75) is 19.2 Å². The van der Waals surface area contributed by atoms with Crippen molar-refractivity contribution in [3.05, 3.63) is 53.9 Å². The van der Waals surface area contributed by atoms with E-state index in [-0.39, 0.29) is 0 Å². The van der Waals surface area contributed by atoms with Gasteiger partial charge in [-0.15, -0.1) is 0 Å². The van der Waals surface area contributed by atoms with Crippen LogP contribution in [0.3, 0.4) is 0 Å². The number of benzene rings is 1. The second kappa shape index (κ2) is 11.0. The van der Waals surface area contributed by atoms with Crippen molar-refractivity contribution in [1.29, 1.82) is 0 Å². The second-order valence-electron chi connectivity index (χ2n) is 6.32. The van der Waals surface area contributed by atoms with E-state index in [0.29, 0.717) is 19.8 Å². The molecule has 144 valence electrons. The Bertz CT molecular complexity index is 644. The maximum atomic E-state index is 10.1. The molecule has 0 aliphatic rings. The van der Waals surface area contributed by atoms with Crippen LogP contribution in [0.4, 0.5) is 0 Å². The molecule has 1 heterocycles. The van der Waals surface area contributed by atoms with Crippen LogP contribution in [0.25, 0.3) is 0 Å². The first-order valence-corrected chi connectivity index (χ1v) is 8.81. The molecule has 6 nitrogen and oxygen atoms in total. The third-order valence-corrected chi connectivity index (χ3v) is 4.24. The summed E-state index contributed by atoms with van der Waals surface area (Å²) < 4.78 is 17.8. The van der Waals surface area contributed by atoms with Gasteiger partial charge < -0.3 is 23.9 Å². The van der Waals surface area contributed by atoms with Gasteiger partial charge in [-0.2, -0.15) is 0 Å². The van der Waals surface area contributed by atoms with Crippen LogP contribution in [0.15, 0.2) is 42.6 Å². The number of nitrogens with zero attached hydrogens (tertiary/aromatic N) is 2. The quantitative estimate of drug-likeness (QED) is 0.626. The average Bonchev–Trinajstić information content (AvgIpc) is 3.06. The van der Waals surface area contributed by atoms with Crippen LogP contribution in [0, 0.1) is 0 Å². The minimum atomic E-state index is -0.515. The highest BCUT2D eigenvalue weighted by atomic mass is 16.5. The van der Waals surface area contributed by atoms with E-state index >= 15 is 0 Å². The van der Waals surface area contributed by atoms with E-state index in [1.165, 1.54) is 11.3 Å². The number of methoxy groups -OCH3 is 3. The number of aliphatic hydroxyl groups is 1. The first-order valence-electron chi connectivity index (χ1n) is 8.81. The van der Waals surface area contributed by atoms with Gasteiger partial charge in [-0.3, -0.25) is 4.90 Å². The van der Waals surface area contributed by atoms with Crippen molar-refractivity contribution in [2.75, 3.05) is 47.6 Å². The molecular formula is C20H30N2O4. The maximum Gasteiger partial charge on any atom is 0.119 e. The number of hydrogen-bond acceptors (Lipinski definition) is 5. The first-order chi connectivity index (χ1) is 12.7. The van der Waals surface area contributed by atoms with E-state index in [0.717, 1.165) is 25.4 Å². The minimum Gasteiger partial charge on any atom is -0.497 e. The lowest BCUT2D eigenvalue weighted by Crippen LogP contribution is -2.36. The number of aliphatic hydroxyl groups excluding tert-OH is 1. The Morgan fingerprint density at radius 2 is 1.96 bits per heavy atom. The molecule has 2 aromatic rings. The lowest BCUT2D eigenvalue weighted by atomic mass is 10.2. The van der Waals surface area contributed by atoms with Gasteiger partial charge in [0.25, 0.3) is 0 Å². The SMILES string of the molecule is COCCN(Cc1cccn1Cc1cccc(OC)c1)C[C@@H](O)COC. The molecular weight excluding hydrogens is 332 g/mol. The number of hydrogen-bond donors (Lipinski definition) is 1. The Hall–Kier alpha value is -1.86. The van der Waals surface area contributed by atoms with Crippen LogP contribution in [0.5, 0.6) is 5.75 Å². The van der Waals surface area contributed by atoms with Gasteiger partial charge in [0.2, 0.25) is 0 Å². The highest BCUT2D eigenvalue weighted by molar-refractivity contribution is 5.29. The summed E-state index contributed by atoms with van der Waals surface area (Å²) in [6.45, 7) is 3.76. The van der Waals surface area contributed by atoms with Gasteiger partial charge >= 0.3 is 0 Å². The van der Waals surface area contributed by atoms with Crippen LogP contribution in [-0.4, -0.2) is 68.3 Å². The Labute approximate surface area is 155 Å². The maximum absolute atomic E-state index is 10.1. The van der Waals surface area contributed by atoms with Crippen molar-refractivity contribution < 1.29 is 19.3 Å². The van der Waals surface area contributed by atoms with Crippen molar-refractivity contribution in [3.8, 4) is 5.75 Å². The van der Waals surface area contributed by atoms with Crippen LogP contribution < -0.4 is 4.74 Å². The molecule has 0 aliphatic carbocycles. The van der Waals surface area contributed by atoms with Crippen LogP contribution in [-0.2, 0) is 22.6 Å². The van der Waals surface area contributed by atoms with Gasteiger partial charge in [-0.05, 0) is 29.8 Å². The number of aromatic nitrogens is 1. The van der Waals surface area contributed by atoms with E-state index < -0.39 is 6.10 Å². The summed E-state index contributed by atoms with van der Waals surface area (Å²) >= 11 is 0. The summed E-state index contributed by atoms with van der Waals surface area (Å²) in [4.78, 5) is 2.19. The Morgan fingerprint density at radius 1 is 1.12 bits per heavy atom. The van der Waals surface area contributed by atoms with Gasteiger partial charge in [0, 0.05) is 52.3 Å². The standard InChI is InChI=1S/C20H30N2O4/c1-24-11-10-21(15-19(23)16-25-2)14-18-7-5-9-22(18)13-17-6-4-8-20(12-17)26-3/h4-9,12,19,23H,10-11,13-16H2,1-3H3/t19-/m1/s1. The fraction of sp³-hybridized carbons (Fsp3) is 0.500. The first kappa shape index (κ1) is 20.5. The van der Waals surface area contributed by atoms with Gasteiger partial charge in [0.05, 0.1) is 26.4 Å². The highest BCUT2D eigenvalue weighted by Gasteiger charge is 2.14. The van der Waals surface area contributed by atoms with Crippen molar-refractivity contribution in [1.82, 2.24) is 9.47 Å². The normalized spacial score (nSPS) is 12.5. The highest BCUT2D eigenvalue weighted by Crippen LogP contribution is 2.16. The van der Waals surface area contributed by atoms with E-state index in [2.05, 4.69) is 39.9 Å². The molecule has 0 unspecified atom stereocenters. The molecule has 2 rings (SSSR count). The van der Waals surface area contributed by atoms with Gasteiger partial charge in [0.15, 0.2) is 0 Å². The molecule has 1 aromatic carbocycles. The summed E-state index contributed by atoms with van der Waals surface area (Å²) in [6.07, 6.45) is 1.56. The molecule has 0 fully saturated rings. The zero-order valence-electron chi connectivity index (χ0n) is 15.9. The molecule has 0 aliphatic heterocycles. The zero-order chi connectivity index (χ0) is 18.8. The van der Waals surface area contributed by atoms with Gasteiger partial charge in [-0.1, -0.05) is 12.1 Å². The summed E-state index contributed by atoms with van der Waals surface area (Å²) in [6, 6.07) is 12.3. The Kier molecular flexibility index (Phi) is 8.64. The fourth-order valence-corrected chi connectivity index (χ4v) is 2.94. The topological polar surface area (TPSA) is 56.1 Å². The minimum absolute atomic E-state index is 0.328. The smallest absolute Gasteiger partial charge is 0.119 e. The molecule has 0 amide bonds. The Morgan fingerprint density at radius 3 is 2.69 bits per heavy atom. The predicted octanol–water partition coefficient (Wildman–Crippen LogP) is 2.00. The van der Waals surface area contributed by atoms with E-state index in [9.17, 15) is 5.11 Å². The molecule has 6 heteroatoms. The summed E-state index contributed by atoms with van der Waals surface area (Å²) in [5.41, 5.74) is 2.37. The van der Waals surface area contributed by atoms with E-state index in [4.69, 9.17) is 14.2 Å². The molecule has 0 bridgehead atoms. The number of ether oxygens (including phenoxy) is 3. The third kappa shape index (κ3) is 6.46. The average molecular weight is 362 g/mol. The van der Waals surface area contributed by atoms with Gasteiger partial charge in [0.1, 0.15) is 5.75 Å². The zero-order valence-corrected chi connectivity index (χ0v) is 15.9. The van der Waals surface area contributed by atoms with Crippen molar-refractivity contribution in [3.63, 3.8) is 0 Å². The predicted molar refractivity (Wildman–Crippen MR) is 102 cm³/mol. The monoisotopic (exact) mass is 362 g/mol. The summed E-state index contributed by atoms with van der Waals surface area (Å²) in [7, 11) is 4.97. The van der Waals surface area contributed by atoms with Crippen LogP contribution in [0.2, 0.25) is 0 Å². The lowest BCUT2D eigenvalue weighted by molar-refractivity contribution is 0.0288. The summed E-state index contributed by atoms with van der Waals surface area (Å²) in [5, 5.41) is 10.1. The largest absolute Gasteiger partial charge is 0.497 e. The molecule has 0 saturated heterocycles. The fourth-order valence-electron chi connectivity index (χ4n) is 2.94. The molecule has 1 aromatic heterocycles. The Balaban J connectivity index is 2.05. The van der Waals surface area contributed by atoms with Crippen molar-refractivity contribution >= 4 is 0 Å². The van der Waals surface area contributed by atoms with Crippen molar-refractivity contribution in [2.24, 2.45) is 0 Å². The van der Waals surface area contributed by atoms with E-state index in [1.807, 2.05) is 12.1 Å². The lowest BCUT2D eigenvalue weighted by Gasteiger charge is -2.25. The van der Waals surface area contributed by atoms with E-state index in [1.54, 1.807) is 21.3 Å². The molecule has 1 N–H and O–H groups in total. The molecule has 26 heavy (non-hydrogen) atoms. The third-order valence-electron chi connectivity index (χ3n) is 4.24. The van der Waals surface area contributed by atoms with Crippen LogP contribution >= 0.6 is 0 Å². The molecule has 1 atom stereocenters. The van der Waals surface area contributed by atoms with Crippen LogP contribution in [0.1, 0.15) is 11.3 Å². The van der Waals surface area contributed by atoms with Gasteiger partial charge in [-0.25, -0.2) is 0 Å². The molecule has 0 saturated carbocycles. The number of rotatable bonds is 12. The summed E-state index contributed by atoms with van der Waals surface area (Å²) in [5.74, 6) is 0.862. The molecule has 0 spiro atoms. The molecule has 0 radical (unpaired) electrons.